The second kappa shape index (κ2) is 9.00. The minimum Gasteiger partial charge on any atom is -0.357 e. The first-order valence-electron chi connectivity index (χ1n) is 11.4. The first-order chi connectivity index (χ1) is 16.8. The maximum absolute atomic E-state index is 13.7. The quantitative estimate of drug-likeness (QED) is 0.422. The largest absolute Gasteiger partial charge is 0.416 e. The van der Waals surface area contributed by atoms with E-state index in [1.807, 2.05) is 29.6 Å². The van der Waals surface area contributed by atoms with E-state index in [9.17, 15) is 22.8 Å². The Hall–Kier alpha value is -3.39. The lowest BCUT2D eigenvalue weighted by atomic mass is 9.80. The second-order valence-corrected chi connectivity index (χ2v) is 9.70. The number of hydrogen-bond acceptors (Lipinski definition) is 4. The van der Waals surface area contributed by atoms with Crippen molar-refractivity contribution >= 4 is 34.4 Å². The molecule has 0 radical (unpaired) electrons. The van der Waals surface area contributed by atoms with E-state index in [1.54, 1.807) is 35.3 Å². The lowest BCUT2D eigenvalue weighted by molar-refractivity contribution is -0.137. The Morgan fingerprint density at radius 3 is 2.46 bits per heavy atom. The standard InChI is InChI=1S/C27H23F3N2O2S/c1-2-24(34)32-21-7-4-3-6-19(21)31-20-14-17(23-8-5-13-35-23)15-22(33)25(20)26(32)16-9-11-18(12-10-16)27(28,29)30/h3-13,17,26,31H,2,14-15H2,1H3/t17-,26+/m1/s1. The highest BCUT2D eigenvalue weighted by atomic mass is 32.1. The molecule has 0 saturated carbocycles. The van der Waals surface area contributed by atoms with Crippen molar-refractivity contribution in [3.05, 3.63) is 93.3 Å². The van der Waals surface area contributed by atoms with Crippen molar-refractivity contribution in [1.82, 2.24) is 0 Å². The molecule has 2 heterocycles. The summed E-state index contributed by atoms with van der Waals surface area (Å²) in [5.41, 5.74) is 2.13. The van der Waals surface area contributed by atoms with Gasteiger partial charge in [-0.25, -0.2) is 0 Å². The summed E-state index contributed by atoms with van der Waals surface area (Å²) in [6.45, 7) is 1.73. The zero-order valence-electron chi connectivity index (χ0n) is 18.9. The van der Waals surface area contributed by atoms with Gasteiger partial charge in [0.15, 0.2) is 5.78 Å². The van der Waals surface area contributed by atoms with E-state index in [2.05, 4.69) is 5.32 Å². The molecule has 0 bridgehead atoms. The van der Waals surface area contributed by atoms with Crippen LogP contribution in [0.1, 0.15) is 54.1 Å². The molecule has 1 amide bonds. The van der Waals surface area contributed by atoms with Crippen molar-refractivity contribution in [2.24, 2.45) is 0 Å². The number of nitrogens with one attached hydrogen (secondary N) is 1. The minimum absolute atomic E-state index is 0.00240. The molecule has 2 aliphatic rings. The Morgan fingerprint density at radius 1 is 1.06 bits per heavy atom. The van der Waals surface area contributed by atoms with Crippen LogP contribution in [0.3, 0.4) is 0 Å². The molecular weight excluding hydrogens is 473 g/mol. The van der Waals surface area contributed by atoms with Gasteiger partial charge in [-0.15, -0.1) is 11.3 Å². The topological polar surface area (TPSA) is 49.4 Å². The van der Waals surface area contributed by atoms with Gasteiger partial charge in [0.05, 0.1) is 23.0 Å². The molecule has 0 spiro atoms. The second-order valence-electron chi connectivity index (χ2n) is 8.72. The lowest BCUT2D eigenvalue weighted by Gasteiger charge is -2.35. The molecule has 35 heavy (non-hydrogen) atoms. The molecule has 3 aromatic rings. The first-order valence-corrected chi connectivity index (χ1v) is 12.3. The SMILES string of the molecule is CCC(=O)N1c2ccccc2NC2=C(C(=O)C[C@H](c3cccs3)C2)[C@@H]1c1ccc(C(F)(F)F)cc1. The van der Waals surface area contributed by atoms with Crippen LogP contribution in [0.25, 0.3) is 0 Å². The molecule has 1 aliphatic heterocycles. The van der Waals surface area contributed by atoms with Crippen LogP contribution in [0.2, 0.25) is 0 Å². The van der Waals surface area contributed by atoms with Gasteiger partial charge >= 0.3 is 6.18 Å². The van der Waals surface area contributed by atoms with Gasteiger partial charge in [0.1, 0.15) is 0 Å². The molecule has 8 heteroatoms. The van der Waals surface area contributed by atoms with Crippen LogP contribution < -0.4 is 10.2 Å². The number of halogens is 3. The molecule has 180 valence electrons. The van der Waals surface area contributed by atoms with Crippen LogP contribution in [0, 0.1) is 0 Å². The predicted molar refractivity (Wildman–Crippen MR) is 130 cm³/mol. The van der Waals surface area contributed by atoms with E-state index in [4.69, 9.17) is 0 Å². The van der Waals surface area contributed by atoms with Gasteiger partial charge < -0.3 is 5.32 Å². The molecule has 1 aliphatic carbocycles. The number of anilines is 2. The van der Waals surface area contributed by atoms with Crippen LogP contribution in [-0.2, 0) is 15.8 Å². The molecule has 1 aromatic heterocycles. The van der Waals surface area contributed by atoms with Gasteiger partial charge in [-0.2, -0.15) is 13.2 Å². The van der Waals surface area contributed by atoms with E-state index in [0.29, 0.717) is 34.6 Å². The highest BCUT2D eigenvalue weighted by molar-refractivity contribution is 7.10. The Balaban J connectivity index is 1.70. The summed E-state index contributed by atoms with van der Waals surface area (Å²) in [5.74, 6) is -0.322. The zero-order valence-corrected chi connectivity index (χ0v) is 19.7. The number of fused-ring (bicyclic) bond motifs is 1. The van der Waals surface area contributed by atoms with Gasteiger partial charge in [0.25, 0.3) is 0 Å². The van der Waals surface area contributed by atoms with Gasteiger partial charge in [0.2, 0.25) is 5.91 Å². The van der Waals surface area contributed by atoms with Crippen molar-refractivity contribution in [2.45, 2.75) is 44.3 Å². The van der Waals surface area contributed by atoms with Gasteiger partial charge in [0, 0.05) is 34.9 Å². The number of hydrogen-bond donors (Lipinski definition) is 1. The fourth-order valence-corrected chi connectivity index (χ4v) is 5.76. The molecule has 5 rings (SSSR count). The fourth-order valence-electron chi connectivity index (χ4n) is 4.93. The molecular formula is C27H23F3N2O2S. The molecule has 0 saturated heterocycles. The van der Waals surface area contributed by atoms with Gasteiger partial charge in [-0.05, 0) is 47.7 Å². The number of thiophene rings is 1. The summed E-state index contributed by atoms with van der Waals surface area (Å²) in [5, 5.41) is 5.40. The maximum atomic E-state index is 13.7. The summed E-state index contributed by atoms with van der Waals surface area (Å²) >= 11 is 1.60. The van der Waals surface area contributed by atoms with Crippen molar-refractivity contribution in [2.75, 3.05) is 10.2 Å². The number of alkyl halides is 3. The number of allylic oxidation sites excluding steroid dienone is 1. The van der Waals surface area contributed by atoms with Gasteiger partial charge in [-0.3, -0.25) is 14.5 Å². The number of Topliss-reactive ketones (excluding diaryl/α,β-unsaturated/α-hetero) is 1. The molecule has 4 nitrogen and oxygen atoms in total. The highest BCUT2D eigenvalue weighted by Gasteiger charge is 2.41. The number of nitrogens with zero attached hydrogens (tertiary/aromatic N) is 1. The smallest absolute Gasteiger partial charge is 0.357 e. The molecule has 0 unspecified atom stereocenters. The predicted octanol–water partition coefficient (Wildman–Crippen LogP) is 7.08. The summed E-state index contributed by atoms with van der Waals surface area (Å²) in [4.78, 5) is 29.7. The summed E-state index contributed by atoms with van der Waals surface area (Å²) in [7, 11) is 0. The highest BCUT2D eigenvalue weighted by Crippen LogP contribution is 2.48. The van der Waals surface area contributed by atoms with Crippen LogP contribution in [0.5, 0.6) is 0 Å². The van der Waals surface area contributed by atoms with Crippen molar-refractivity contribution in [3.63, 3.8) is 0 Å². The van der Waals surface area contributed by atoms with Crippen molar-refractivity contribution in [1.29, 1.82) is 0 Å². The van der Waals surface area contributed by atoms with Crippen LogP contribution in [0.4, 0.5) is 24.5 Å². The summed E-state index contributed by atoms with van der Waals surface area (Å²) in [6.07, 6.45) is -3.45. The van der Waals surface area contributed by atoms with E-state index in [-0.39, 0.29) is 30.4 Å². The third kappa shape index (κ3) is 4.27. The number of benzene rings is 2. The Kier molecular flexibility index (Phi) is 6.01. The number of carbonyl (C=O) groups is 2. The Bertz CT molecular complexity index is 1300. The number of para-hydroxylation sites is 2. The zero-order chi connectivity index (χ0) is 24.7. The van der Waals surface area contributed by atoms with Gasteiger partial charge in [-0.1, -0.05) is 37.3 Å². The van der Waals surface area contributed by atoms with Crippen LogP contribution >= 0.6 is 11.3 Å². The number of ketones is 1. The van der Waals surface area contributed by atoms with E-state index < -0.39 is 17.8 Å². The number of carbonyl (C=O) groups excluding carboxylic acids is 2. The maximum Gasteiger partial charge on any atom is 0.416 e. The van der Waals surface area contributed by atoms with Crippen LogP contribution in [0.15, 0.2) is 77.3 Å². The van der Waals surface area contributed by atoms with Crippen molar-refractivity contribution < 1.29 is 22.8 Å². The third-order valence-corrected chi connectivity index (χ3v) is 7.59. The Labute approximate surface area is 205 Å². The molecule has 0 fully saturated rings. The van der Waals surface area contributed by atoms with Crippen LogP contribution in [-0.4, -0.2) is 11.7 Å². The third-order valence-electron chi connectivity index (χ3n) is 6.56. The molecule has 1 N–H and O–H groups in total. The van der Waals surface area contributed by atoms with E-state index in [1.165, 1.54) is 12.1 Å². The first kappa shape index (κ1) is 23.4. The lowest BCUT2D eigenvalue weighted by Crippen LogP contribution is -2.38. The molecule has 2 aromatic carbocycles. The molecule has 2 atom stereocenters. The summed E-state index contributed by atoms with van der Waals surface area (Å²) in [6, 6.07) is 15.2. The number of amides is 1. The monoisotopic (exact) mass is 496 g/mol. The number of rotatable bonds is 3. The summed E-state index contributed by atoms with van der Waals surface area (Å²) < 4.78 is 39.8. The van der Waals surface area contributed by atoms with E-state index >= 15 is 0 Å². The Morgan fingerprint density at radius 2 is 1.80 bits per heavy atom. The average Bonchev–Trinajstić information content (AvgIpc) is 3.33. The van der Waals surface area contributed by atoms with Crippen molar-refractivity contribution in [3.8, 4) is 0 Å². The minimum atomic E-state index is -4.48. The normalized spacial score (nSPS) is 20.1. The average molecular weight is 497 g/mol. The van der Waals surface area contributed by atoms with E-state index in [0.717, 1.165) is 17.0 Å². The fraction of sp³-hybridized carbons (Fsp3) is 0.259.